The van der Waals surface area contributed by atoms with Crippen molar-refractivity contribution in [1.82, 2.24) is 0 Å². The van der Waals surface area contributed by atoms with Crippen LogP contribution in [0.3, 0.4) is 0 Å². The van der Waals surface area contributed by atoms with Gasteiger partial charge in [-0.05, 0) is 49.1 Å². The lowest BCUT2D eigenvalue weighted by atomic mass is 9.93. The van der Waals surface area contributed by atoms with Crippen LogP contribution in [0.5, 0.6) is 0 Å². The van der Waals surface area contributed by atoms with Crippen molar-refractivity contribution in [2.24, 2.45) is 5.73 Å². The van der Waals surface area contributed by atoms with Crippen molar-refractivity contribution in [3.8, 4) is 0 Å². The van der Waals surface area contributed by atoms with Crippen molar-refractivity contribution >= 4 is 0 Å². The molecule has 0 heterocycles. The molecule has 1 aromatic rings. The number of hydrogen-bond acceptors (Lipinski definition) is 1. The van der Waals surface area contributed by atoms with Crippen LogP contribution < -0.4 is 5.73 Å². The molecule has 14 heavy (non-hydrogen) atoms. The number of benzene rings is 1. The lowest BCUT2D eigenvalue weighted by Gasteiger charge is -2.13. The van der Waals surface area contributed by atoms with Gasteiger partial charge in [-0.2, -0.15) is 0 Å². The first-order valence-corrected chi connectivity index (χ1v) is 4.72. The summed E-state index contributed by atoms with van der Waals surface area (Å²) in [6, 6.07) is 2.50. The average molecular weight is 199 g/mol. The van der Waals surface area contributed by atoms with Crippen LogP contribution in [0.1, 0.15) is 30.4 Å². The maximum atomic E-state index is 13.0. The van der Waals surface area contributed by atoms with E-state index in [-0.39, 0.29) is 5.92 Å². The number of halogens is 2. The third-order valence-corrected chi connectivity index (χ3v) is 2.44. The van der Waals surface area contributed by atoms with Crippen LogP contribution in [0.2, 0.25) is 0 Å². The van der Waals surface area contributed by atoms with E-state index in [1.54, 1.807) is 6.92 Å². The molecule has 0 saturated carbocycles. The van der Waals surface area contributed by atoms with Gasteiger partial charge >= 0.3 is 0 Å². The fourth-order valence-corrected chi connectivity index (χ4v) is 1.60. The molecule has 2 N–H and O–H groups in total. The predicted molar refractivity (Wildman–Crippen MR) is 53.2 cm³/mol. The van der Waals surface area contributed by atoms with Crippen LogP contribution >= 0.6 is 0 Å². The van der Waals surface area contributed by atoms with Crippen molar-refractivity contribution in [2.75, 3.05) is 6.54 Å². The Morgan fingerprint density at radius 3 is 2.43 bits per heavy atom. The van der Waals surface area contributed by atoms with E-state index in [9.17, 15) is 8.78 Å². The van der Waals surface area contributed by atoms with Gasteiger partial charge in [-0.15, -0.1) is 0 Å². The van der Waals surface area contributed by atoms with Gasteiger partial charge in [0.25, 0.3) is 0 Å². The highest BCUT2D eigenvalue weighted by molar-refractivity contribution is 5.30. The molecule has 3 heteroatoms. The molecule has 1 rings (SSSR count). The fourth-order valence-electron chi connectivity index (χ4n) is 1.60. The minimum atomic E-state index is -0.786. The minimum Gasteiger partial charge on any atom is -0.330 e. The summed E-state index contributed by atoms with van der Waals surface area (Å²) in [5.74, 6) is -1.39. The number of aryl methyl sites for hydroxylation is 1. The molecule has 0 spiro atoms. The molecule has 0 aromatic heterocycles. The van der Waals surface area contributed by atoms with Crippen LogP contribution in [0, 0.1) is 18.6 Å². The minimum absolute atomic E-state index is 0.176. The van der Waals surface area contributed by atoms with Crippen LogP contribution in [-0.2, 0) is 0 Å². The van der Waals surface area contributed by atoms with Crippen molar-refractivity contribution in [3.63, 3.8) is 0 Å². The van der Waals surface area contributed by atoms with E-state index in [0.29, 0.717) is 6.54 Å². The quantitative estimate of drug-likeness (QED) is 0.795. The van der Waals surface area contributed by atoms with E-state index in [0.717, 1.165) is 17.5 Å². The maximum Gasteiger partial charge on any atom is 0.159 e. The van der Waals surface area contributed by atoms with E-state index in [1.165, 1.54) is 12.1 Å². The van der Waals surface area contributed by atoms with Gasteiger partial charge in [0.15, 0.2) is 11.6 Å². The Kier molecular flexibility index (Phi) is 3.58. The summed E-state index contributed by atoms with van der Waals surface area (Å²) in [4.78, 5) is 0. The van der Waals surface area contributed by atoms with Crippen molar-refractivity contribution < 1.29 is 8.78 Å². The Morgan fingerprint density at radius 2 is 1.86 bits per heavy atom. The number of nitrogens with two attached hydrogens (primary N) is 1. The van der Waals surface area contributed by atoms with E-state index in [1.807, 2.05) is 6.92 Å². The largest absolute Gasteiger partial charge is 0.330 e. The molecule has 0 saturated heterocycles. The Labute approximate surface area is 82.9 Å². The molecule has 0 radical (unpaired) electrons. The maximum absolute atomic E-state index is 13.0. The first-order chi connectivity index (χ1) is 6.56. The molecule has 0 amide bonds. The smallest absolute Gasteiger partial charge is 0.159 e. The van der Waals surface area contributed by atoms with Crippen molar-refractivity contribution in [1.29, 1.82) is 0 Å². The normalized spacial score (nSPS) is 12.9. The van der Waals surface area contributed by atoms with Gasteiger partial charge in [-0.25, -0.2) is 8.78 Å². The van der Waals surface area contributed by atoms with E-state index in [4.69, 9.17) is 5.73 Å². The SMILES string of the molecule is Cc1cc(F)c(F)cc1C(C)CCN. The van der Waals surface area contributed by atoms with Gasteiger partial charge in [0.1, 0.15) is 0 Å². The van der Waals surface area contributed by atoms with E-state index >= 15 is 0 Å². The molecule has 1 aromatic carbocycles. The zero-order valence-corrected chi connectivity index (χ0v) is 8.48. The van der Waals surface area contributed by atoms with Crippen LogP contribution in [-0.4, -0.2) is 6.54 Å². The van der Waals surface area contributed by atoms with Crippen LogP contribution in [0.4, 0.5) is 8.78 Å². The Morgan fingerprint density at radius 1 is 1.29 bits per heavy atom. The van der Waals surface area contributed by atoms with Gasteiger partial charge in [0.2, 0.25) is 0 Å². The third kappa shape index (κ3) is 2.29. The summed E-state index contributed by atoms with van der Waals surface area (Å²) in [7, 11) is 0. The molecular weight excluding hydrogens is 184 g/mol. The predicted octanol–water partition coefficient (Wildman–Crippen LogP) is 2.73. The Balaban J connectivity index is 3.02. The molecule has 1 atom stereocenters. The standard InChI is InChI=1S/C11H15F2N/c1-7(3-4-14)9-6-11(13)10(12)5-8(9)2/h5-7H,3-4,14H2,1-2H3. The molecule has 1 nitrogen and oxygen atoms in total. The summed E-state index contributed by atoms with van der Waals surface area (Å²) < 4.78 is 25.8. The molecule has 78 valence electrons. The molecule has 0 aliphatic heterocycles. The topological polar surface area (TPSA) is 26.0 Å². The van der Waals surface area contributed by atoms with Gasteiger partial charge in [0, 0.05) is 0 Å². The van der Waals surface area contributed by atoms with Gasteiger partial charge in [0.05, 0.1) is 0 Å². The third-order valence-electron chi connectivity index (χ3n) is 2.44. The van der Waals surface area contributed by atoms with Gasteiger partial charge in [-0.1, -0.05) is 6.92 Å². The van der Waals surface area contributed by atoms with E-state index < -0.39 is 11.6 Å². The second-order valence-corrected chi connectivity index (χ2v) is 3.60. The highest BCUT2D eigenvalue weighted by Crippen LogP contribution is 2.24. The molecule has 0 fully saturated rings. The zero-order valence-electron chi connectivity index (χ0n) is 8.48. The zero-order chi connectivity index (χ0) is 10.7. The Bertz CT molecular complexity index is 323. The summed E-state index contributed by atoms with van der Waals surface area (Å²) in [6.07, 6.45) is 0.784. The van der Waals surface area contributed by atoms with Crippen LogP contribution in [0.25, 0.3) is 0 Å². The van der Waals surface area contributed by atoms with Crippen LogP contribution in [0.15, 0.2) is 12.1 Å². The highest BCUT2D eigenvalue weighted by atomic mass is 19.2. The molecule has 0 aliphatic rings. The van der Waals surface area contributed by atoms with Gasteiger partial charge in [-0.3, -0.25) is 0 Å². The Hall–Kier alpha value is -0.960. The molecule has 0 bridgehead atoms. The lowest BCUT2D eigenvalue weighted by Crippen LogP contribution is -2.06. The fraction of sp³-hybridized carbons (Fsp3) is 0.455. The summed E-state index contributed by atoms with van der Waals surface area (Å²) in [6.45, 7) is 4.30. The first-order valence-electron chi connectivity index (χ1n) is 4.72. The van der Waals surface area contributed by atoms with Crippen molar-refractivity contribution in [2.45, 2.75) is 26.2 Å². The summed E-state index contributed by atoms with van der Waals surface area (Å²) in [5, 5.41) is 0. The monoisotopic (exact) mass is 199 g/mol. The van der Waals surface area contributed by atoms with Gasteiger partial charge < -0.3 is 5.73 Å². The first kappa shape index (κ1) is 11.1. The molecule has 0 aliphatic carbocycles. The second-order valence-electron chi connectivity index (χ2n) is 3.60. The summed E-state index contributed by atoms with van der Waals surface area (Å²) in [5.41, 5.74) is 7.04. The molecular formula is C11H15F2N. The average Bonchev–Trinajstić information content (AvgIpc) is 2.11. The highest BCUT2D eigenvalue weighted by Gasteiger charge is 2.11. The van der Waals surface area contributed by atoms with Crippen molar-refractivity contribution in [3.05, 3.63) is 34.9 Å². The molecule has 1 unspecified atom stereocenters. The number of rotatable bonds is 3. The van der Waals surface area contributed by atoms with E-state index in [2.05, 4.69) is 0 Å². The lowest BCUT2D eigenvalue weighted by molar-refractivity contribution is 0.503. The summed E-state index contributed by atoms with van der Waals surface area (Å²) >= 11 is 0. The number of hydrogen-bond donors (Lipinski definition) is 1. The second kappa shape index (κ2) is 4.51.